The highest BCUT2D eigenvalue weighted by molar-refractivity contribution is 5.98. The predicted octanol–water partition coefficient (Wildman–Crippen LogP) is 1.41. The fourth-order valence-electron chi connectivity index (χ4n) is 2.27. The Balaban J connectivity index is 2.77. The van der Waals surface area contributed by atoms with Gasteiger partial charge in [0, 0.05) is 6.92 Å². The molecule has 0 aromatic heterocycles. The normalized spacial score (nSPS) is 13.1. The molecule has 0 bridgehead atoms. The summed E-state index contributed by atoms with van der Waals surface area (Å²) in [5, 5.41) is 4.89. The maximum absolute atomic E-state index is 12.3. The Morgan fingerprint density at radius 1 is 1.14 bits per heavy atom. The fourth-order valence-corrected chi connectivity index (χ4v) is 2.27. The Morgan fingerprint density at radius 2 is 1.79 bits per heavy atom. The van der Waals surface area contributed by atoms with Crippen molar-refractivity contribution in [3.05, 3.63) is 41.6 Å². The topological polar surface area (TPSA) is 111 Å². The number of carbonyl (C=O) groups is 4. The molecule has 2 amide bonds. The van der Waals surface area contributed by atoms with Crippen molar-refractivity contribution in [2.24, 2.45) is 5.92 Å². The predicted molar refractivity (Wildman–Crippen MR) is 103 cm³/mol. The molecule has 0 aliphatic carbocycles. The number of hydrogen-bond donors (Lipinski definition) is 2. The van der Waals surface area contributed by atoms with E-state index in [1.165, 1.54) is 20.1 Å². The second-order valence-electron chi connectivity index (χ2n) is 6.18. The molecule has 28 heavy (non-hydrogen) atoms. The van der Waals surface area contributed by atoms with E-state index in [9.17, 15) is 19.2 Å². The standard InChI is InChI=1S/C20H26N2O6/c1-5-13(2)18(20(26)27-4)22-17(24)12-28-19(25)16(21-14(3)23)11-15-9-7-6-8-10-15/h6-11,13,18H,5,12H2,1-4H3,(H,21,23)(H,22,24)/b16-11-/t13-,18-/m0/s1. The molecule has 8 nitrogen and oxygen atoms in total. The molecule has 2 atom stereocenters. The minimum absolute atomic E-state index is 0.0991. The van der Waals surface area contributed by atoms with Crippen LogP contribution in [0.2, 0.25) is 0 Å². The van der Waals surface area contributed by atoms with Crippen LogP contribution in [0.15, 0.2) is 36.0 Å². The lowest BCUT2D eigenvalue weighted by molar-refractivity contribution is -0.149. The van der Waals surface area contributed by atoms with Crippen LogP contribution in [0.25, 0.3) is 6.08 Å². The highest BCUT2D eigenvalue weighted by atomic mass is 16.5. The van der Waals surface area contributed by atoms with Crippen molar-refractivity contribution in [2.45, 2.75) is 33.2 Å². The Labute approximate surface area is 164 Å². The molecule has 0 aliphatic rings. The van der Waals surface area contributed by atoms with Gasteiger partial charge >= 0.3 is 11.9 Å². The van der Waals surface area contributed by atoms with Gasteiger partial charge < -0.3 is 20.1 Å². The Morgan fingerprint density at radius 3 is 2.32 bits per heavy atom. The SMILES string of the molecule is CC[C@H](C)[C@H](NC(=O)COC(=O)/C(=C/c1ccccc1)NC(C)=O)C(=O)OC. The Bertz CT molecular complexity index is 729. The van der Waals surface area contributed by atoms with Gasteiger partial charge in [0.2, 0.25) is 5.91 Å². The summed E-state index contributed by atoms with van der Waals surface area (Å²) in [4.78, 5) is 47.6. The maximum Gasteiger partial charge on any atom is 0.355 e. The average Bonchev–Trinajstić information content (AvgIpc) is 2.68. The summed E-state index contributed by atoms with van der Waals surface area (Å²) in [7, 11) is 1.23. The van der Waals surface area contributed by atoms with E-state index in [0.717, 1.165) is 0 Å². The molecule has 0 fully saturated rings. The van der Waals surface area contributed by atoms with Gasteiger partial charge in [-0.1, -0.05) is 50.6 Å². The van der Waals surface area contributed by atoms with Gasteiger partial charge in [0.05, 0.1) is 7.11 Å². The summed E-state index contributed by atoms with van der Waals surface area (Å²) in [5.74, 6) is -2.69. The monoisotopic (exact) mass is 390 g/mol. The lowest BCUT2D eigenvalue weighted by atomic mass is 9.99. The molecule has 0 spiro atoms. The zero-order valence-corrected chi connectivity index (χ0v) is 16.5. The summed E-state index contributed by atoms with van der Waals surface area (Å²) in [6.45, 7) is 4.33. The second kappa shape index (κ2) is 11.5. The van der Waals surface area contributed by atoms with Crippen LogP contribution >= 0.6 is 0 Å². The number of benzene rings is 1. The third-order valence-corrected chi connectivity index (χ3v) is 3.96. The summed E-state index contributed by atoms with van der Waals surface area (Å²) < 4.78 is 9.67. The third-order valence-electron chi connectivity index (χ3n) is 3.96. The van der Waals surface area contributed by atoms with E-state index in [1.807, 2.05) is 13.0 Å². The number of hydrogen-bond acceptors (Lipinski definition) is 6. The molecular formula is C20H26N2O6. The van der Waals surface area contributed by atoms with Crippen molar-refractivity contribution in [3.8, 4) is 0 Å². The number of methoxy groups -OCH3 is 1. The largest absolute Gasteiger partial charge is 0.467 e. The van der Waals surface area contributed by atoms with Crippen molar-refractivity contribution in [1.29, 1.82) is 0 Å². The minimum atomic E-state index is -0.868. The average molecular weight is 390 g/mol. The lowest BCUT2D eigenvalue weighted by Gasteiger charge is -2.21. The molecule has 0 unspecified atom stereocenters. The highest BCUT2D eigenvalue weighted by Crippen LogP contribution is 2.10. The molecule has 0 saturated heterocycles. The summed E-state index contributed by atoms with van der Waals surface area (Å²) in [6.07, 6.45) is 2.09. The molecule has 152 valence electrons. The number of nitrogens with one attached hydrogen (secondary N) is 2. The van der Waals surface area contributed by atoms with Crippen LogP contribution in [0, 0.1) is 5.92 Å². The molecule has 0 saturated carbocycles. The molecule has 2 N–H and O–H groups in total. The molecule has 1 aromatic carbocycles. The van der Waals surface area contributed by atoms with Gasteiger partial charge in [-0.15, -0.1) is 0 Å². The van der Waals surface area contributed by atoms with Crippen molar-refractivity contribution in [2.75, 3.05) is 13.7 Å². The molecular weight excluding hydrogens is 364 g/mol. The first kappa shape index (κ1) is 22.9. The zero-order chi connectivity index (χ0) is 21.1. The number of amides is 2. The number of ether oxygens (including phenoxy) is 2. The van der Waals surface area contributed by atoms with E-state index in [1.54, 1.807) is 31.2 Å². The smallest absolute Gasteiger partial charge is 0.355 e. The molecule has 8 heteroatoms. The highest BCUT2D eigenvalue weighted by Gasteiger charge is 2.27. The lowest BCUT2D eigenvalue weighted by Crippen LogP contribution is -2.47. The van der Waals surface area contributed by atoms with Crippen LogP contribution < -0.4 is 10.6 Å². The van der Waals surface area contributed by atoms with Gasteiger partial charge in [0.25, 0.3) is 5.91 Å². The zero-order valence-electron chi connectivity index (χ0n) is 16.5. The van der Waals surface area contributed by atoms with E-state index in [-0.39, 0.29) is 11.6 Å². The van der Waals surface area contributed by atoms with Gasteiger partial charge in [-0.2, -0.15) is 0 Å². The van der Waals surface area contributed by atoms with E-state index < -0.39 is 36.4 Å². The van der Waals surface area contributed by atoms with E-state index >= 15 is 0 Å². The van der Waals surface area contributed by atoms with Gasteiger partial charge in [-0.25, -0.2) is 9.59 Å². The van der Waals surface area contributed by atoms with Crippen molar-refractivity contribution < 1.29 is 28.7 Å². The number of carbonyl (C=O) groups excluding carboxylic acids is 4. The molecule has 1 rings (SSSR count). The van der Waals surface area contributed by atoms with Crippen molar-refractivity contribution >= 4 is 29.8 Å². The van der Waals surface area contributed by atoms with E-state index in [0.29, 0.717) is 12.0 Å². The van der Waals surface area contributed by atoms with Gasteiger partial charge in [-0.05, 0) is 17.6 Å². The summed E-state index contributed by atoms with van der Waals surface area (Å²) in [6, 6.07) is 8.02. The third kappa shape index (κ3) is 7.61. The van der Waals surface area contributed by atoms with Crippen LogP contribution in [-0.2, 0) is 28.7 Å². The van der Waals surface area contributed by atoms with Crippen LogP contribution in [0.5, 0.6) is 0 Å². The first-order valence-electron chi connectivity index (χ1n) is 8.87. The first-order chi connectivity index (χ1) is 13.3. The van der Waals surface area contributed by atoms with Crippen molar-refractivity contribution in [1.82, 2.24) is 10.6 Å². The van der Waals surface area contributed by atoms with Crippen molar-refractivity contribution in [3.63, 3.8) is 0 Å². The summed E-state index contributed by atoms with van der Waals surface area (Å²) >= 11 is 0. The van der Waals surface area contributed by atoms with Crippen LogP contribution in [0.3, 0.4) is 0 Å². The van der Waals surface area contributed by atoms with Crippen LogP contribution in [-0.4, -0.2) is 43.5 Å². The fraction of sp³-hybridized carbons (Fsp3) is 0.400. The second-order valence-corrected chi connectivity index (χ2v) is 6.18. The minimum Gasteiger partial charge on any atom is -0.467 e. The molecule has 0 heterocycles. The van der Waals surface area contributed by atoms with Crippen LogP contribution in [0.4, 0.5) is 0 Å². The number of rotatable bonds is 9. The maximum atomic E-state index is 12.3. The Hall–Kier alpha value is -3.16. The quantitative estimate of drug-likeness (QED) is 0.487. The van der Waals surface area contributed by atoms with E-state index in [4.69, 9.17) is 9.47 Å². The number of esters is 2. The van der Waals surface area contributed by atoms with Gasteiger partial charge in [-0.3, -0.25) is 9.59 Å². The Kier molecular flexibility index (Phi) is 9.42. The van der Waals surface area contributed by atoms with Crippen LogP contribution in [0.1, 0.15) is 32.8 Å². The molecule has 0 aliphatic heterocycles. The summed E-state index contributed by atoms with van der Waals surface area (Å²) in [5.41, 5.74) is 0.577. The first-order valence-corrected chi connectivity index (χ1v) is 8.87. The molecule has 0 radical (unpaired) electrons. The van der Waals surface area contributed by atoms with E-state index in [2.05, 4.69) is 10.6 Å². The molecule has 1 aromatic rings. The van der Waals surface area contributed by atoms with Gasteiger partial charge in [0.15, 0.2) is 6.61 Å². The van der Waals surface area contributed by atoms with Gasteiger partial charge in [0.1, 0.15) is 11.7 Å².